The number of carbonyl (C=O) groups excluding carboxylic acids is 3. The van der Waals surface area contributed by atoms with Crippen LogP contribution in [0.3, 0.4) is 0 Å². The fourth-order valence-electron chi connectivity index (χ4n) is 9.04. The number of rotatable bonds is 26. The summed E-state index contributed by atoms with van der Waals surface area (Å²) >= 11 is 5.15. The van der Waals surface area contributed by atoms with Crippen LogP contribution in [0, 0.1) is 19.3 Å². The van der Waals surface area contributed by atoms with Crippen molar-refractivity contribution in [3.63, 3.8) is 0 Å². The minimum atomic E-state index is -0.865. The van der Waals surface area contributed by atoms with Crippen molar-refractivity contribution in [1.82, 2.24) is 30.5 Å². The summed E-state index contributed by atoms with van der Waals surface area (Å²) in [4.78, 5) is 55.7. The molecule has 5 aromatic rings. The molecule has 71 heavy (non-hydrogen) atoms. The number of unbranched alkanes of at least 4 members (excludes halogenated alkanes) is 10. The quantitative estimate of drug-likeness (QED) is 0.0388. The molecule has 1 aliphatic rings. The van der Waals surface area contributed by atoms with Gasteiger partial charge >= 0.3 is 0 Å². The van der Waals surface area contributed by atoms with E-state index in [-0.39, 0.29) is 43.3 Å². The highest BCUT2D eigenvalue weighted by molar-refractivity contribution is 9.10. The van der Waals surface area contributed by atoms with Crippen LogP contribution in [0.1, 0.15) is 140 Å². The first-order valence-electron chi connectivity index (χ1n) is 25.2. The first-order valence-corrected chi connectivity index (χ1v) is 26.9. The molecule has 14 nitrogen and oxygen atoms in total. The minimum absolute atomic E-state index is 0.0224. The molecule has 3 heterocycles. The number of aliphatic hydroxyl groups excluding tert-OH is 1. The Morgan fingerprint density at radius 2 is 1.54 bits per heavy atom. The van der Waals surface area contributed by atoms with E-state index in [1.54, 1.807) is 18.4 Å². The van der Waals surface area contributed by atoms with Gasteiger partial charge in [-0.05, 0) is 74.4 Å². The lowest BCUT2D eigenvalue weighted by molar-refractivity contribution is -0.143. The van der Waals surface area contributed by atoms with Crippen molar-refractivity contribution >= 4 is 61.7 Å². The number of nitrogens with one attached hydrogen (secondary N) is 3. The highest BCUT2D eigenvalue weighted by Crippen LogP contribution is 2.37. The average molecular weight is 1060 g/mol. The van der Waals surface area contributed by atoms with Crippen LogP contribution in [-0.2, 0) is 20.9 Å². The maximum Gasteiger partial charge on any atom is 0.246 e. The lowest BCUT2D eigenvalue weighted by Crippen LogP contribution is -2.57. The van der Waals surface area contributed by atoms with E-state index in [1.165, 1.54) is 50.3 Å². The molecule has 384 valence electrons. The number of ether oxygens (including phenoxy) is 3. The predicted molar refractivity (Wildman–Crippen MR) is 286 cm³/mol. The number of nitrogens with zero attached hydrogens (tertiary/aromatic N) is 4. The molecule has 4 N–H and O–H groups in total. The van der Waals surface area contributed by atoms with Crippen molar-refractivity contribution in [2.75, 3.05) is 32.2 Å². The summed E-state index contributed by atoms with van der Waals surface area (Å²) in [5.74, 6) is 2.43. The summed E-state index contributed by atoms with van der Waals surface area (Å²) in [6.07, 6.45) is 11.8. The second-order valence-electron chi connectivity index (χ2n) is 19.8. The third kappa shape index (κ3) is 15.8. The molecular weight excluding hydrogens is 983 g/mol. The van der Waals surface area contributed by atoms with Gasteiger partial charge in [-0.3, -0.25) is 14.4 Å². The van der Waals surface area contributed by atoms with Crippen molar-refractivity contribution in [2.24, 2.45) is 5.41 Å². The van der Waals surface area contributed by atoms with Crippen LogP contribution < -0.4 is 30.2 Å². The van der Waals surface area contributed by atoms with Gasteiger partial charge in [-0.2, -0.15) is 0 Å². The van der Waals surface area contributed by atoms with Gasteiger partial charge in [0.2, 0.25) is 17.7 Å². The maximum absolute atomic E-state index is 13.7. The first-order chi connectivity index (χ1) is 34.0. The van der Waals surface area contributed by atoms with Gasteiger partial charge in [-0.25, -0.2) is 15.0 Å². The van der Waals surface area contributed by atoms with E-state index in [2.05, 4.69) is 55.9 Å². The topological polar surface area (TPSA) is 177 Å². The second-order valence-corrected chi connectivity index (χ2v) is 21.6. The number of thiazole rings is 1. The number of aliphatic hydroxyl groups is 1. The van der Waals surface area contributed by atoms with Crippen LogP contribution in [0.15, 0.2) is 64.6 Å². The van der Waals surface area contributed by atoms with Crippen LogP contribution in [0.5, 0.6) is 17.2 Å². The molecule has 16 heteroatoms. The van der Waals surface area contributed by atoms with Crippen molar-refractivity contribution in [2.45, 2.75) is 156 Å². The number of anilines is 1. The van der Waals surface area contributed by atoms with Crippen LogP contribution in [0.25, 0.3) is 21.3 Å². The number of benzene rings is 3. The van der Waals surface area contributed by atoms with E-state index in [9.17, 15) is 19.5 Å². The Balaban J connectivity index is 0.885. The number of hydrogen-bond acceptors (Lipinski definition) is 12. The zero-order chi connectivity index (χ0) is 51.1. The van der Waals surface area contributed by atoms with E-state index in [1.807, 2.05) is 82.6 Å². The van der Waals surface area contributed by atoms with E-state index >= 15 is 0 Å². The van der Waals surface area contributed by atoms with Crippen molar-refractivity contribution in [1.29, 1.82) is 0 Å². The Morgan fingerprint density at radius 1 is 0.873 bits per heavy atom. The Bertz CT molecular complexity index is 2570. The van der Waals surface area contributed by atoms with E-state index in [4.69, 9.17) is 24.2 Å². The average Bonchev–Trinajstić information content (AvgIpc) is 3.95. The molecule has 2 aromatic heterocycles. The molecule has 0 spiro atoms. The van der Waals surface area contributed by atoms with E-state index < -0.39 is 23.6 Å². The highest BCUT2D eigenvalue weighted by Gasteiger charge is 2.44. The number of aromatic nitrogens is 3. The Hall–Kier alpha value is -5.32. The van der Waals surface area contributed by atoms with Crippen LogP contribution in [0.2, 0.25) is 0 Å². The van der Waals surface area contributed by atoms with Gasteiger partial charge in [0.15, 0.2) is 11.5 Å². The number of halogens is 1. The van der Waals surface area contributed by atoms with Gasteiger partial charge in [0, 0.05) is 47.9 Å². The summed E-state index contributed by atoms with van der Waals surface area (Å²) in [7, 11) is 1.66. The molecule has 0 aliphatic carbocycles. The lowest BCUT2D eigenvalue weighted by Gasteiger charge is -2.35. The minimum Gasteiger partial charge on any atom is -0.493 e. The molecule has 1 fully saturated rings. The van der Waals surface area contributed by atoms with Crippen molar-refractivity contribution in [3.8, 4) is 27.7 Å². The Kier molecular flexibility index (Phi) is 20.4. The zero-order valence-corrected chi connectivity index (χ0v) is 45.3. The SMILES string of the molecule is COc1cc2c(N[C@H](C)c3cccc(Br)c3)nc(C)nc2cc1OCCCCCCCCCCCCCOc1cc(-c2scnc2C)ccc1CNC(=O)[C@@H]1C[C@@H](O)CN1C(=O)[C@@H](NC(C)=O)C(C)(C)C. The first kappa shape index (κ1) is 55.0. The van der Waals surface area contributed by atoms with Crippen LogP contribution >= 0.6 is 27.3 Å². The molecule has 4 atom stereocenters. The number of β-amino-alcohol motifs (C(OH)–C–C–N with tert-alkyl or cyclic N) is 1. The van der Waals surface area contributed by atoms with Crippen molar-refractivity contribution in [3.05, 3.63) is 87.2 Å². The predicted octanol–water partition coefficient (Wildman–Crippen LogP) is 11.2. The number of aryl methyl sites for hydroxylation is 2. The van der Waals surface area contributed by atoms with Crippen LogP contribution in [-0.4, -0.2) is 87.7 Å². The highest BCUT2D eigenvalue weighted by atomic mass is 79.9. The largest absolute Gasteiger partial charge is 0.493 e. The molecule has 0 radical (unpaired) electrons. The van der Waals surface area contributed by atoms with Gasteiger partial charge < -0.3 is 40.2 Å². The summed E-state index contributed by atoms with van der Waals surface area (Å²) in [5.41, 5.74) is 5.97. The molecular formula is C55H74BrN7O7S. The number of fused-ring (bicyclic) bond motifs is 1. The van der Waals surface area contributed by atoms with E-state index in [0.717, 1.165) is 80.6 Å². The Labute approximate surface area is 432 Å². The van der Waals surface area contributed by atoms with Gasteiger partial charge in [0.1, 0.15) is 29.5 Å². The summed E-state index contributed by atoms with van der Waals surface area (Å²) in [6.45, 7) is 14.3. The molecule has 3 aromatic carbocycles. The monoisotopic (exact) mass is 1060 g/mol. The summed E-state index contributed by atoms with van der Waals surface area (Å²) in [6, 6.07) is 16.5. The number of carbonyl (C=O) groups is 3. The van der Waals surface area contributed by atoms with Gasteiger partial charge in [0.25, 0.3) is 0 Å². The Morgan fingerprint density at radius 3 is 2.14 bits per heavy atom. The normalized spacial score (nSPS) is 15.6. The molecule has 1 aliphatic heterocycles. The van der Waals surface area contributed by atoms with Gasteiger partial charge in [-0.15, -0.1) is 11.3 Å². The number of amides is 3. The molecule has 1 saturated heterocycles. The third-order valence-corrected chi connectivity index (χ3v) is 14.4. The zero-order valence-electron chi connectivity index (χ0n) is 42.9. The van der Waals surface area contributed by atoms with Crippen molar-refractivity contribution < 1.29 is 33.7 Å². The molecule has 0 bridgehead atoms. The number of methoxy groups -OCH3 is 1. The summed E-state index contributed by atoms with van der Waals surface area (Å²) < 4.78 is 19.4. The smallest absolute Gasteiger partial charge is 0.246 e. The molecule has 6 rings (SSSR count). The second kappa shape index (κ2) is 26.4. The van der Waals surface area contributed by atoms with Gasteiger partial charge in [0.05, 0.1) is 54.1 Å². The fraction of sp³-hybridized carbons (Fsp3) is 0.527. The molecule has 3 amide bonds. The maximum atomic E-state index is 13.7. The number of likely N-dealkylation sites (tertiary alicyclic amines) is 1. The lowest BCUT2D eigenvalue weighted by atomic mass is 9.85. The standard InChI is InChI=1S/C55H74BrN7O7S/c1-35(39-21-20-22-42(56)27-39)59-52-44-30-48(68-8)49(31-45(44)60-37(3)61-52)70-26-19-17-15-13-11-9-10-12-14-16-18-25-69-47-28-40(50-36(2)58-34-71-50)23-24-41(47)32-57-53(66)46-29-43(65)33-63(46)54(67)51(55(5,6)7)62-38(4)64/h20-24,27-28,30-31,34-35,43,46,51,65H,9-19,25-26,29,32-33H2,1-8H3,(H,57,66)(H,62,64)(H,59,60,61)/t35-,43-,46+,51-/m1/s1. The van der Waals surface area contributed by atoms with Gasteiger partial charge in [-0.1, -0.05) is 119 Å². The number of hydrogen-bond donors (Lipinski definition) is 4. The van der Waals surface area contributed by atoms with E-state index in [0.29, 0.717) is 36.3 Å². The van der Waals surface area contributed by atoms with Crippen LogP contribution in [0.4, 0.5) is 5.82 Å². The summed E-state index contributed by atoms with van der Waals surface area (Å²) in [5, 5.41) is 20.8. The molecule has 0 unspecified atom stereocenters. The fourth-order valence-corrected chi connectivity index (χ4v) is 10.3. The third-order valence-electron chi connectivity index (χ3n) is 13.0. The molecule has 0 saturated carbocycles.